The number of aliphatic hydroxyl groups excluding tert-OH is 2. The second kappa shape index (κ2) is 10.3. The molecule has 11 heteroatoms. The van der Waals surface area contributed by atoms with Crippen LogP contribution in [-0.2, 0) is 22.6 Å². The van der Waals surface area contributed by atoms with Crippen molar-refractivity contribution in [1.29, 1.82) is 0 Å². The van der Waals surface area contributed by atoms with Crippen LogP contribution >= 0.6 is 11.6 Å². The number of hydrogen-bond donors (Lipinski definition) is 6. The van der Waals surface area contributed by atoms with Crippen molar-refractivity contribution in [2.24, 2.45) is 17.6 Å². The van der Waals surface area contributed by atoms with Gasteiger partial charge in [0.1, 0.15) is 22.8 Å². The van der Waals surface area contributed by atoms with Crippen molar-refractivity contribution in [2.75, 3.05) is 14.1 Å². The van der Waals surface area contributed by atoms with Gasteiger partial charge in [0.15, 0.2) is 11.4 Å². The zero-order valence-electron chi connectivity index (χ0n) is 22.8. The molecule has 0 aromatic heterocycles. The number of carbonyl (C=O) groups is 3. The summed E-state index contributed by atoms with van der Waals surface area (Å²) in [6.45, 7) is 2.30. The number of halogens is 1. The minimum atomic E-state index is -2.68. The Morgan fingerprint density at radius 1 is 1.20 bits per heavy atom. The fourth-order valence-electron chi connectivity index (χ4n) is 6.60. The Bertz CT molecular complexity index is 1530. The predicted octanol–water partition coefficient (Wildman–Crippen LogP) is 2.62. The topological polar surface area (TPSA) is 173 Å². The molecule has 3 aliphatic rings. The van der Waals surface area contributed by atoms with Gasteiger partial charge in [-0.25, -0.2) is 0 Å². The van der Waals surface area contributed by atoms with Gasteiger partial charge in [-0.15, -0.1) is 0 Å². The zero-order chi connectivity index (χ0) is 30.0. The number of nitrogens with one attached hydrogen (secondary N) is 1. The lowest BCUT2D eigenvalue weighted by molar-refractivity contribution is -0.148. The van der Waals surface area contributed by atoms with Crippen LogP contribution in [0.25, 0.3) is 0 Å². The molecule has 0 saturated heterocycles. The van der Waals surface area contributed by atoms with Crippen molar-refractivity contribution in [2.45, 2.75) is 44.0 Å². The molecule has 216 valence electrons. The van der Waals surface area contributed by atoms with E-state index >= 15 is 0 Å². The zero-order valence-corrected chi connectivity index (χ0v) is 23.6. The Morgan fingerprint density at radius 2 is 1.85 bits per heavy atom. The number of likely N-dealkylation sites (N-methyl/N-ethyl adjacent to an activating group) is 1. The highest BCUT2D eigenvalue weighted by atomic mass is 35.5. The van der Waals surface area contributed by atoms with Gasteiger partial charge in [-0.1, -0.05) is 41.9 Å². The number of nitrogens with two attached hydrogens (primary N) is 1. The summed E-state index contributed by atoms with van der Waals surface area (Å²) in [6, 6.07) is 10.1. The van der Waals surface area contributed by atoms with Gasteiger partial charge in [-0.3, -0.25) is 19.3 Å². The van der Waals surface area contributed by atoms with Gasteiger partial charge in [0.2, 0.25) is 5.78 Å². The molecule has 0 radical (unpaired) electrons. The smallest absolute Gasteiger partial charge is 0.255 e. The number of aliphatic hydroxyl groups is 3. The van der Waals surface area contributed by atoms with Crippen molar-refractivity contribution < 1.29 is 34.8 Å². The molecular formula is C30H32ClN3O7. The average Bonchev–Trinajstić information content (AvgIpc) is 2.91. The molecule has 0 fully saturated rings. The summed E-state index contributed by atoms with van der Waals surface area (Å²) < 4.78 is 0. The fraction of sp³-hybridized carbons (Fsp3) is 0.367. The van der Waals surface area contributed by atoms with Crippen LogP contribution in [0.1, 0.15) is 46.4 Å². The second-order valence-corrected chi connectivity index (χ2v) is 11.6. The van der Waals surface area contributed by atoms with Crippen LogP contribution in [0.5, 0.6) is 5.75 Å². The number of Topliss-reactive ketones (excluding diaryl/α,β-unsaturated/α-hetero) is 2. The maximum absolute atomic E-state index is 13.8. The third kappa shape index (κ3) is 4.33. The quantitative estimate of drug-likeness (QED) is 0.280. The number of allylic oxidation sites excluding steroid dienone is 1. The van der Waals surface area contributed by atoms with Crippen LogP contribution in [0.3, 0.4) is 0 Å². The lowest BCUT2D eigenvalue weighted by Crippen LogP contribution is -2.63. The number of hydrogen-bond acceptors (Lipinski definition) is 9. The molecule has 0 saturated carbocycles. The van der Waals surface area contributed by atoms with Crippen molar-refractivity contribution in [3.8, 4) is 5.75 Å². The first-order valence-electron chi connectivity index (χ1n) is 13.3. The van der Waals surface area contributed by atoms with E-state index in [0.717, 1.165) is 5.56 Å². The second-order valence-electron chi connectivity index (χ2n) is 11.2. The van der Waals surface area contributed by atoms with Gasteiger partial charge < -0.3 is 31.5 Å². The van der Waals surface area contributed by atoms with Gasteiger partial charge in [-0.2, -0.15) is 0 Å². The highest BCUT2D eigenvalue weighted by molar-refractivity contribution is 6.33. The number of aromatic hydroxyl groups is 1. The molecule has 0 aliphatic heterocycles. The minimum absolute atomic E-state index is 0.00360. The van der Waals surface area contributed by atoms with Crippen molar-refractivity contribution in [1.82, 2.24) is 10.2 Å². The van der Waals surface area contributed by atoms with E-state index in [2.05, 4.69) is 5.32 Å². The fourth-order valence-corrected chi connectivity index (χ4v) is 6.90. The van der Waals surface area contributed by atoms with E-state index in [9.17, 15) is 34.8 Å². The molecular weight excluding hydrogens is 550 g/mol. The number of phenols is 1. The van der Waals surface area contributed by atoms with Gasteiger partial charge in [0.25, 0.3) is 5.91 Å². The van der Waals surface area contributed by atoms with Gasteiger partial charge in [-0.05, 0) is 62.5 Å². The first-order chi connectivity index (χ1) is 19.3. The third-order valence-corrected chi connectivity index (χ3v) is 9.10. The first kappa shape index (κ1) is 28.8. The molecule has 41 heavy (non-hydrogen) atoms. The number of phenolic OH excluding ortho intramolecular Hbond substituents is 1. The summed E-state index contributed by atoms with van der Waals surface area (Å²) in [7, 11) is 3.16. The van der Waals surface area contributed by atoms with Crippen LogP contribution in [0.4, 0.5) is 0 Å². The van der Waals surface area contributed by atoms with Crippen molar-refractivity contribution >= 4 is 29.1 Å². The Kier molecular flexibility index (Phi) is 7.23. The minimum Gasteiger partial charge on any atom is -0.510 e. The lowest BCUT2D eigenvalue weighted by Gasteiger charge is -2.50. The molecule has 2 aromatic carbocycles. The highest BCUT2D eigenvalue weighted by Crippen LogP contribution is 2.53. The normalized spacial score (nSPS) is 26.5. The predicted molar refractivity (Wildman–Crippen MR) is 150 cm³/mol. The van der Waals surface area contributed by atoms with Gasteiger partial charge in [0.05, 0.1) is 11.6 Å². The summed E-state index contributed by atoms with van der Waals surface area (Å²) in [6.07, 6.45) is 0.124. The van der Waals surface area contributed by atoms with Gasteiger partial charge in [0, 0.05) is 29.1 Å². The molecule has 0 spiro atoms. The Morgan fingerprint density at radius 3 is 2.46 bits per heavy atom. The summed E-state index contributed by atoms with van der Waals surface area (Å²) in [5.41, 5.74) is 3.54. The monoisotopic (exact) mass is 581 g/mol. The van der Waals surface area contributed by atoms with Crippen LogP contribution < -0.4 is 11.1 Å². The summed E-state index contributed by atoms with van der Waals surface area (Å²) in [5.74, 6) is -6.97. The molecule has 0 heterocycles. The van der Waals surface area contributed by atoms with Crippen LogP contribution in [0.2, 0.25) is 5.02 Å². The van der Waals surface area contributed by atoms with E-state index in [0.29, 0.717) is 22.7 Å². The maximum Gasteiger partial charge on any atom is 0.255 e. The number of ketones is 2. The summed E-state index contributed by atoms with van der Waals surface area (Å²) >= 11 is 6.81. The molecule has 7 N–H and O–H groups in total. The molecule has 2 aromatic rings. The summed E-state index contributed by atoms with van der Waals surface area (Å²) in [5, 5.41) is 48.5. The van der Waals surface area contributed by atoms with E-state index in [1.807, 2.05) is 37.3 Å². The Labute approximate surface area is 241 Å². The van der Waals surface area contributed by atoms with E-state index < -0.39 is 58.0 Å². The van der Waals surface area contributed by atoms with Crippen LogP contribution in [0, 0.1) is 11.8 Å². The molecule has 1 unspecified atom stereocenters. The van der Waals surface area contributed by atoms with Crippen LogP contribution in [-0.4, -0.2) is 68.5 Å². The third-order valence-electron chi connectivity index (χ3n) is 8.63. The number of carbonyl (C=O) groups excluding carboxylic acids is 3. The van der Waals surface area contributed by atoms with Gasteiger partial charge >= 0.3 is 0 Å². The molecule has 10 nitrogen and oxygen atoms in total. The van der Waals surface area contributed by atoms with E-state index in [1.54, 1.807) is 14.1 Å². The maximum atomic E-state index is 13.8. The number of amides is 1. The number of nitrogens with zero attached hydrogens (tertiary/aromatic N) is 1. The molecule has 3 aliphatic carbocycles. The highest BCUT2D eigenvalue weighted by Gasteiger charge is 2.63. The van der Waals surface area contributed by atoms with Crippen molar-refractivity contribution in [3.63, 3.8) is 0 Å². The lowest BCUT2D eigenvalue weighted by atomic mass is 9.58. The number of fused-ring (bicyclic) bond motifs is 3. The Balaban J connectivity index is 1.56. The number of benzene rings is 2. The number of rotatable bonds is 6. The van der Waals surface area contributed by atoms with Crippen molar-refractivity contribution in [3.05, 3.63) is 86.3 Å². The van der Waals surface area contributed by atoms with E-state index in [-0.39, 0.29) is 35.8 Å². The molecule has 5 atom stereocenters. The average molecular weight is 582 g/mol. The van der Waals surface area contributed by atoms with E-state index in [1.165, 1.54) is 11.0 Å². The molecule has 0 bridgehead atoms. The Hall–Kier alpha value is -3.70. The number of primary amides is 1. The standard InChI is InChI=1S/C30H32ClN3O7/c1-13(14-7-5-4-6-8-14)33-12-16-11-19(35)21-17(23(16)31)9-15-10-18-24(34(2)3)26(37)22(29(32)40)28(39)30(18,41)27(38)20(15)25(21)36/h4-8,11,13,15,18,24,33,35,37-38,41H,9-10,12H2,1-3H3,(H2,32,40)/t13?,15-,18-,24-,30-/m0/s1. The van der Waals surface area contributed by atoms with Crippen LogP contribution in [0.15, 0.2) is 59.1 Å². The first-order valence-corrected chi connectivity index (χ1v) is 13.6. The molecule has 5 rings (SSSR count). The largest absolute Gasteiger partial charge is 0.510 e. The summed E-state index contributed by atoms with van der Waals surface area (Å²) in [4.78, 5) is 40.8. The van der Waals surface area contributed by atoms with E-state index in [4.69, 9.17) is 17.3 Å². The molecule has 1 amide bonds. The SMILES string of the molecule is CC(NCc1cc(O)c2c(c1Cl)C[C@H]1C[C@H]3[C@H](N(C)C)C(O)=C(C(N)=O)C(=O)[C@@]3(O)C(O)=C1C2=O)c1ccccc1.